The molecule has 120 valence electrons. The van der Waals surface area contributed by atoms with Crippen molar-refractivity contribution in [2.24, 2.45) is 5.92 Å². The van der Waals surface area contributed by atoms with Gasteiger partial charge >= 0.3 is 0 Å². The van der Waals surface area contributed by atoms with E-state index in [1.807, 2.05) is 24.3 Å². The molecule has 0 bridgehead atoms. The predicted octanol–water partition coefficient (Wildman–Crippen LogP) is 3.62. The minimum absolute atomic E-state index is 0.0564. The average molecular weight is 309 g/mol. The fourth-order valence-electron chi connectivity index (χ4n) is 3.43. The summed E-state index contributed by atoms with van der Waals surface area (Å²) < 4.78 is 0. The van der Waals surface area contributed by atoms with Crippen molar-refractivity contribution in [2.75, 3.05) is 18.0 Å². The molecule has 0 fully saturated rings. The molecule has 0 saturated carbocycles. The minimum Gasteiger partial charge on any atom is -0.388 e. The molecule has 0 heterocycles. The Morgan fingerprint density at radius 3 is 2.26 bits per heavy atom. The van der Waals surface area contributed by atoms with Crippen molar-refractivity contribution >= 4 is 11.5 Å². The van der Waals surface area contributed by atoms with Crippen LogP contribution in [0.3, 0.4) is 0 Å². The molecule has 3 nitrogen and oxygen atoms in total. The van der Waals surface area contributed by atoms with Gasteiger partial charge in [0.2, 0.25) is 0 Å². The highest BCUT2D eigenvalue weighted by molar-refractivity contribution is 6.03. The molecule has 0 radical (unpaired) electrons. The van der Waals surface area contributed by atoms with Crippen molar-refractivity contribution in [1.29, 1.82) is 0 Å². The number of hydrogen-bond acceptors (Lipinski definition) is 3. The highest BCUT2D eigenvalue weighted by Crippen LogP contribution is 2.37. The van der Waals surface area contributed by atoms with Gasteiger partial charge in [0.05, 0.1) is 12.0 Å². The number of fused-ring (bicyclic) bond motifs is 1. The molecule has 1 aliphatic rings. The van der Waals surface area contributed by atoms with Crippen LogP contribution in [-0.2, 0) is 6.42 Å². The van der Waals surface area contributed by atoms with E-state index in [0.29, 0.717) is 12.0 Å². The van der Waals surface area contributed by atoms with E-state index in [1.165, 1.54) is 5.69 Å². The van der Waals surface area contributed by atoms with Gasteiger partial charge in [0, 0.05) is 24.3 Å². The molecule has 0 aromatic heterocycles. The monoisotopic (exact) mass is 309 g/mol. The van der Waals surface area contributed by atoms with Gasteiger partial charge in [-0.3, -0.25) is 4.79 Å². The molecular weight excluding hydrogens is 286 g/mol. The molecule has 23 heavy (non-hydrogen) atoms. The Hall–Kier alpha value is -2.13. The van der Waals surface area contributed by atoms with Gasteiger partial charge < -0.3 is 10.0 Å². The van der Waals surface area contributed by atoms with E-state index in [-0.39, 0.29) is 11.7 Å². The summed E-state index contributed by atoms with van der Waals surface area (Å²) in [4.78, 5) is 14.8. The fourth-order valence-corrected chi connectivity index (χ4v) is 3.43. The molecule has 2 atom stereocenters. The maximum atomic E-state index is 12.5. The Morgan fingerprint density at radius 2 is 1.65 bits per heavy atom. The zero-order valence-corrected chi connectivity index (χ0v) is 13.7. The zero-order valence-electron chi connectivity index (χ0n) is 13.7. The molecular formula is C20H23NO2. The lowest BCUT2D eigenvalue weighted by molar-refractivity contribution is 0.0757. The van der Waals surface area contributed by atoms with Crippen LogP contribution in [0.15, 0.2) is 48.5 Å². The second-order valence-electron chi connectivity index (χ2n) is 6.05. The molecule has 3 heteroatoms. The molecule has 1 aliphatic carbocycles. The Bertz CT molecular complexity index is 689. The van der Waals surface area contributed by atoms with Crippen LogP contribution >= 0.6 is 0 Å². The molecule has 0 saturated heterocycles. The third kappa shape index (κ3) is 2.89. The third-order valence-electron chi connectivity index (χ3n) is 4.78. The van der Waals surface area contributed by atoms with E-state index in [9.17, 15) is 9.90 Å². The summed E-state index contributed by atoms with van der Waals surface area (Å²) in [6, 6.07) is 15.7. The molecule has 2 aromatic carbocycles. The lowest BCUT2D eigenvalue weighted by Gasteiger charge is -2.21. The molecule has 1 N–H and O–H groups in total. The second kappa shape index (κ2) is 6.55. The van der Waals surface area contributed by atoms with Crippen molar-refractivity contribution < 1.29 is 9.90 Å². The molecule has 0 unspecified atom stereocenters. The summed E-state index contributed by atoms with van der Waals surface area (Å²) in [5, 5.41) is 10.5. The van der Waals surface area contributed by atoms with E-state index in [4.69, 9.17) is 0 Å². The number of ketones is 1. The van der Waals surface area contributed by atoms with Crippen LogP contribution in [0.1, 0.15) is 41.4 Å². The van der Waals surface area contributed by atoms with Crippen LogP contribution in [0.25, 0.3) is 0 Å². The quantitative estimate of drug-likeness (QED) is 0.917. The van der Waals surface area contributed by atoms with Gasteiger partial charge in [0.25, 0.3) is 0 Å². The van der Waals surface area contributed by atoms with Gasteiger partial charge in [0.15, 0.2) is 5.78 Å². The smallest absolute Gasteiger partial charge is 0.169 e. The zero-order chi connectivity index (χ0) is 16.4. The highest BCUT2D eigenvalue weighted by Gasteiger charge is 2.38. The maximum absolute atomic E-state index is 12.5. The largest absolute Gasteiger partial charge is 0.388 e. The van der Waals surface area contributed by atoms with Gasteiger partial charge in [-0.25, -0.2) is 0 Å². The molecule has 3 rings (SSSR count). The van der Waals surface area contributed by atoms with Crippen LogP contribution in [0.5, 0.6) is 0 Å². The van der Waals surface area contributed by atoms with Crippen LogP contribution < -0.4 is 4.90 Å². The van der Waals surface area contributed by atoms with Crippen molar-refractivity contribution in [3.8, 4) is 0 Å². The van der Waals surface area contributed by atoms with Crippen LogP contribution in [-0.4, -0.2) is 24.0 Å². The van der Waals surface area contributed by atoms with Gasteiger partial charge in [-0.1, -0.05) is 36.4 Å². The summed E-state index contributed by atoms with van der Waals surface area (Å²) in [6.07, 6.45) is -0.117. The van der Waals surface area contributed by atoms with Crippen LogP contribution in [0.4, 0.5) is 5.69 Å². The number of hydrogen-bond donors (Lipinski definition) is 1. The predicted molar refractivity (Wildman–Crippen MR) is 92.9 cm³/mol. The first-order valence-corrected chi connectivity index (χ1v) is 8.30. The van der Waals surface area contributed by atoms with Gasteiger partial charge in [-0.05, 0) is 43.5 Å². The van der Waals surface area contributed by atoms with E-state index in [2.05, 4.69) is 43.0 Å². The molecule has 0 spiro atoms. The minimum atomic E-state index is -0.693. The summed E-state index contributed by atoms with van der Waals surface area (Å²) in [6.45, 7) is 6.24. The van der Waals surface area contributed by atoms with Gasteiger partial charge in [-0.2, -0.15) is 0 Å². The molecule has 0 aliphatic heterocycles. The van der Waals surface area contributed by atoms with E-state index in [0.717, 1.165) is 24.2 Å². The van der Waals surface area contributed by atoms with Crippen LogP contribution in [0.2, 0.25) is 0 Å². The standard InChI is InChI=1S/C20H23NO2/c1-3-21(4-2)15-11-9-14(10-12-15)13-18-19(22)16-7-5-6-8-17(16)20(18)23/h5-12,18-19,22H,3-4,13H2,1-2H3/t18-,19+/m0/s1. The number of nitrogens with zero attached hydrogens (tertiary/aromatic N) is 1. The van der Waals surface area contributed by atoms with Crippen molar-refractivity contribution in [3.05, 3.63) is 65.2 Å². The first-order valence-electron chi connectivity index (χ1n) is 8.30. The molecule has 2 aromatic rings. The lowest BCUT2D eigenvalue weighted by Crippen LogP contribution is -2.21. The summed E-state index contributed by atoms with van der Waals surface area (Å²) in [5.74, 6) is -0.312. The van der Waals surface area contributed by atoms with Gasteiger partial charge in [0.1, 0.15) is 0 Å². The summed E-state index contributed by atoms with van der Waals surface area (Å²) in [5.41, 5.74) is 3.72. The Kier molecular flexibility index (Phi) is 4.49. The van der Waals surface area contributed by atoms with Crippen LogP contribution in [0, 0.1) is 5.92 Å². The summed E-state index contributed by atoms with van der Waals surface area (Å²) >= 11 is 0. The first-order chi connectivity index (χ1) is 11.2. The Balaban J connectivity index is 1.77. The number of carbonyl (C=O) groups excluding carboxylic acids is 1. The number of rotatable bonds is 5. The SMILES string of the molecule is CCN(CC)c1ccc(C[C@@H]2C(=O)c3ccccc3[C@H]2O)cc1. The topological polar surface area (TPSA) is 40.5 Å². The van der Waals surface area contributed by atoms with E-state index < -0.39 is 6.10 Å². The number of Topliss-reactive ketones (excluding diaryl/α,β-unsaturated/α-hetero) is 1. The highest BCUT2D eigenvalue weighted by atomic mass is 16.3. The van der Waals surface area contributed by atoms with Gasteiger partial charge in [-0.15, -0.1) is 0 Å². The van der Waals surface area contributed by atoms with Crippen molar-refractivity contribution in [1.82, 2.24) is 0 Å². The number of anilines is 1. The third-order valence-corrected chi connectivity index (χ3v) is 4.78. The number of aliphatic hydroxyl groups is 1. The Labute approximate surface area is 137 Å². The van der Waals surface area contributed by atoms with E-state index in [1.54, 1.807) is 0 Å². The molecule has 0 amide bonds. The normalized spacial score (nSPS) is 19.7. The van der Waals surface area contributed by atoms with Crippen molar-refractivity contribution in [2.45, 2.75) is 26.4 Å². The number of carbonyl (C=O) groups is 1. The van der Waals surface area contributed by atoms with Crippen molar-refractivity contribution in [3.63, 3.8) is 0 Å². The first kappa shape index (κ1) is 15.8. The number of benzene rings is 2. The lowest BCUT2D eigenvalue weighted by atomic mass is 9.93. The fraction of sp³-hybridized carbons (Fsp3) is 0.350. The Morgan fingerprint density at radius 1 is 1.00 bits per heavy atom. The average Bonchev–Trinajstić information content (AvgIpc) is 2.83. The second-order valence-corrected chi connectivity index (χ2v) is 6.05. The maximum Gasteiger partial charge on any atom is 0.169 e. The number of aliphatic hydroxyl groups excluding tert-OH is 1. The summed E-state index contributed by atoms with van der Waals surface area (Å²) in [7, 11) is 0. The van der Waals surface area contributed by atoms with E-state index >= 15 is 0 Å².